The maximum absolute atomic E-state index is 12.6. The van der Waals surface area contributed by atoms with Gasteiger partial charge in [0, 0.05) is 38.3 Å². The van der Waals surface area contributed by atoms with Gasteiger partial charge in [0.05, 0.1) is 10.8 Å². The van der Waals surface area contributed by atoms with E-state index in [1.54, 1.807) is 4.90 Å². The van der Waals surface area contributed by atoms with Crippen molar-refractivity contribution in [2.75, 3.05) is 13.1 Å². The number of aromatic nitrogens is 4. The van der Waals surface area contributed by atoms with Crippen molar-refractivity contribution in [1.82, 2.24) is 24.6 Å². The van der Waals surface area contributed by atoms with E-state index in [0.29, 0.717) is 24.9 Å². The number of nitrogens with zero attached hydrogens (tertiary/aromatic N) is 4. The fourth-order valence-electron chi connectivity index (χ4n) is 3.30. The number of likely N-dealkylation sites (tertiary alicyclic amines) is 1. The fraction of sp³-hybridized carbons (Fsp3) is 0.389. The molecule has 1 fully saturated rings. The number of carbonyl (C=O) groups excluding carboxylic acids is 1. The predicted molar refractivity (Wildman–Crippen MR) is 102 cm³/mol. The Labute approximate surface area is 163 Å². The Balaban J connectivity index is 1.38. The zero-order valence-corrected chi connectivity index (χ0v) is 15.9. The van der Waals surface area contributed by atoms with Gasteiger partial charge in [0.1, 0.15) is 0 Å². The second-order valence-corrected chi connectivity index (χ2v) is 7.60. The number of H-pyrrole nitrogens is 1. The summed E-state index contributed by atoms with van der Waals surface area (Å²) in [7, 11) is 0. The lowest BCUT2D eigenvalue weighted by Crippen LogP contribution is -2.40. The Kier molecular flexibility index (Phi) is 5.20. The Bertz CT molecular complexity index is 1070. The molecule has 0 unspecified atom stereocenters. The monoisotopic (exact) mass is 401 g/mol. The van der Waals surface area contributed by atoms with Crippen LogP contribution in [0.5, 0.6) is 0 Å². The summed E-state index contributed by atoms with van der Waals surface area (Å²) in [6.07, 6.45) is 3.32. The molecule has 3 aromatic rings. The fourth-order valence-corrected chi connectivity index (χ4v) is 3.94. The van der Waals surface area contributed by atoms with Gasteiger partial charge in [0.15, 0.2) is 0 Å². The standard InChI is InChI=1S/C18H19N5O4S/c24-14-5-8-22(18(26)19-14)9-6-15(25)23-7-1-3-12(11-23)16-20-21-17(27-16)13-4-2-10-28-13/h2,4-5,8,10,12H,1,3,6-7,9,11H2,(H,19,24,26)/t12-/m1/s1. The van der Waals surface area contributed by atoms with Crippen LogP contribution in [0.25, 0.3) is 10.8 Å². The first kappa shape index (κ1) is 18.4. The molecule has 1 aliphatic rings. The van der Waals surface area contributed by atoms with Crippen LogP contribution >= 0.6 is 11.3 Å². The maximum Gasteiger partial charge on any atom is 0.328 e. The van der Waals surface area contributed by atoms with Crippen LogP contribution < -0.4 is 11.2 Å². The molecule has 3 aromatic heterocycles. The van der Waals surface area contributed by atoms with Crippen LogP contribution in [-0.4, -0.2) is 43.6 Å². The van der Waals surface area contributed by atoms with Crippen molar-refractivity contribution >= 4 is 17.2 Å². The number of nitrogens with one attached hydrogen (secondary N) is 1. The molecular formula is C18H19N5O4S. The van der Waals surface area contributed by atoms with Gasteiger partial charge < -0.3 is 13.9 Å². The van der Waals surface area contributed by atoms with E-state index in [9.17, 15) is 14.4 Å². The second-order valence-electron chi connectivity index (χ2n) is 6.66. The molecule has 28 heavy (non-hydrogen) atoms. The van der Waals surface area contributed by atoms with Crippen molar-refractivity contribution in [3.8, 4) is 10.8 Å². The van der Waals surface area contributed by atoms with E-state index in [4.69, 9.17) is 4.42 Å². The quantitative estimate of drug-likeness (QED) is 0.692. The highest BCUT2D eigenvalue weighted by Gasteiger charge is 2.28. The van der Waals surface area contributed by atoms with E-state index in [1.165, 1.54) is 28.2 Å². The van der Waals surface area contributed by atoms with Crippen LogP contribution in [0.4, 0.5) is 0 Å². The van der Waals surface area contributed by atoms with Crippen molar-refractivity contribution in [1.29, 1.82) is 0 Å². The lowest BCUT2D eigenvalue weighted by atomic mass is 9.98. The number of rotatable bonds is 5. The third-order valence-corrected chi connectivity index (χ3v) is 5.62. The van der Waals surface area contributed by atoms with Gasteiger partial charge in [-0.25, -0.2) is 4.79 Å². The van der Waals surface area contributed by atoms with Crippen LogP contribution in [0.3, 0.4) is 0 Å². The van der Waals surface area contributed by atoms with E-state index in [-0.39, 0.29) is 24.8 Å². The van der Waals surface area contributed by atoms with Crippen LogP contribution in [0.2, 0.25) is 0 Å². The largest absolute Gasteiger partial charge is 0.420 e. The highest BCUT2D eigenvalue weighted by atomic mass is 32.1. The first-order chi connectivity index (χ1) is 13.6. The molecule has 9 nitrogen and oxygen atoms in total. The lowest BCUT2D eigenvalue weighted by molar-refractivity contribution is -0.132. The molecule has 0 saturated carbocycles. The van der Waals surface area contributed by atoms with Gasteiger partial charge in [-0.2, -0.15) is 0 Å². The summed E-state index contributed by atoms with van der Waals surface area (Å²) in [4.78, 5) is 40.3. The topological polar surface area (TPSA) is 114 Å². The van der Waals surface area contributed by atoms with Crippen LogP contribution in [0, 0.1) is 0 Å². The Morgan fingerprint density at radius 1 is 1.32 bits per heavy atom. The number of hydrogen-bond acceptors (Lipinski definition) is 7. The molecule has 10 heteroatoms. The molecule has 1 amide bonds. The Morgan fingerprint density at radius 2 is 2.21 bits per heavy atom. The number of aryl methyl sites for hydroxylation is 1. The third-order valence-electron chi connectivity index (χ3n) is 4.76. The number of carbonyl (C=O) groups is 1. The zero-order valence-electron chi connectivity index (χ0n) is 15.0. The minimum Gasteiger partial charge on any atom is -0.420 e. The van der Waals surface area contributed by atoms with Gasteiger partial charge in [-0.1, -0.05) is 6.07 Å². The molecule has 1 atom stereocenters. The molecule has 1 aliphatic heterocycles. The molecule has 0 radical (unpaired) electrons. The molecule has 0 bridgehead atoms. The predicted octanol–water partition coefficient (Wildman–Crippen LogP) is 1.44. The molecule has 4 heterocycles. The Hall–Kier alpha value is -3.01. The third kappa shape index (κ3) is 3.96. The number of aromatic amines is 1. The molecule has 0 aliphatic carbocycles. The average molecular weight is 401 g/mol. The van der Waals surface area contributed by atoms with Gasteiger partial charge in [-0.15, -0.1) is 21.5 Å². The summed E-state index contributed by atoms with van der Waals surface area (Å²) in [6.45, 7) is 1.41. The average Bonchev–Trinajstić information content (AvgIpc) is 3.39. The molecule has 146 valence electrons. The van der Waals surface area contributed by atoms with Crippen molar-refractivity contribution in [2.24, 2.45) is 0 Å². The van der Waals surface area contributed by atoms with E-state index in [2.05, 4.69) is 15.2 Å². The smallest absolute Gasteiger partial charge is 0.328 e. The van der Waals surface area contributed by atoms with E-state index in [0.717, 1.165) is 17.7 Å². The number of hydrogen-bond donors (Lipinski definition) is 1. The molecular weight excluding hydrogens is 382 g/mol. The summed E-state index contributed by atoms with van der Waals surface area (Å²) >= 11 is 1.54. The molecule has 1 N–H and O–H groups in total. The first-order valence-electron chi connectivity index (χ1n) is 9.05. The van der Waals surface area contributed by atoms with Crippen molar-refractivity contribution in [3.63, 3.8) is 0 Å². The highest BCUT2D eigenvalue weighted by Crippen LogP contribution is 2.30. The number of amides is 1. The lowest BCUT2D eigenvalue weighted by Gasteiger charge is -2.31. The van der Waals surface area contributed by atoms with E-state index in [1.807, 2.05) is 17.5 Å². The van der Waals surface area contributed by atoms with Gasteiger partial charge in [-0.05, 0) is 24.3 Å². The minimum absolute atomic E-state index is 0.00900. The minimum atomic E-state index is -0.510. The van der Waals surface area contributed by atoms with Crippen LogP contribution in [-0.2, 0) is 11.3 Å². The molecule has 0 spiro atoms. The zero-order chi connectivity index (χ0) is 19.5. The molecule has 4 rings (SSSR count). The summed E-state index contributed by atoms with van der Waals surface area (Å²) < 4.78 is 7.15. The van der Waals surface area contributed by atoms with Crippen LogP contribution in [0.1, 0.15) is 31.1 Å². The second kappa shape index (κ2) is 7.93. The SMILES string of the molecule is O=C(CCn1ccc(=O)[nH]c1=O)N1CCC[C@@H](c2nnc(-c3cccs3)o2)C1. The first-order valence-corrected chi connectivity index (χ1v) is 9.93. The highest BCUT2D eigenvalue weighted by molar-refractivity contribution is 7.13. The molecule has 0 aromatic carbocycles. The summed E-state index contributed by atoms with van der Waals surface area (Å²) in [5.41, 5.74) is -0.961. The van der Waals surface area contributed by atoms with E-state index >= 15 is 0 Å². The van der Waals surface area contributed by atoms with Crippen molar-refractivity contribution < 1.29 is 9.21 Å². The van der Waals surface area contributed by atoms with Crippen LogP contribution in [0.15, 0.2) is 43.8 Å². The van der Waals surface area contributed by atoms with Crippen molar-refractivity contribution in [2.45, 2.75) is 31.7 Å². The van der Waals surface area contributed by atoms with Gasteiger partial charge in [-0.3, -0.25) is 14.6 Å². The number of piperidine rings is 1. The summed E-state index contributed by atoms with van der Waals surface area (Å²) in [5, 5.41) is 10.2. The van der Waals surface area contributed by atoms with Gasteiger partial charge in [0.25, 0.3) is 11.4 Å². The van der Waals surface area contributed by atoms with E-state index < -0.39 is 11.2 Å². The van der Waals surface area contributed by atoms with Gasteiger partial charge in [0.2, 0.25) is 11.8 Å². The summed E-state index contributed by atoms with van der Waals surface area (Å²) in [6, 6.07) is 5.12. The van der Waals surface area contributed by atoms with Gasteiger partial charge >= 0.3 is 5.69 Å². The maximum atomic E-state index is 12.6. The Morgan fingerprint density at radius 3 is 3.00 bits per heavy atom. The number of thiophene rings is 1. The summed E-state index contributed by atoms with van der Waals surface area (Å²) in [5.74, 6) is 1.03. The van der Waals surface area contributed by atoms with Crippen molar-refractivity contribution in [3.05, 3.63) is 56.5 Å². The normalized spacial score (nSPS) is 17.0. The molecule has 1 saturated heterocycles.